The van der Waals surface area contributed by atoms with Crippen molar-refractivity contribution in [2.45, 2.75) is 211 Å². The number of hydrogen-bond donors (Lipinski definition) is 11. The molecule has 0 aromatic heterocycles. The molecule has 378 valence electrons. The van der Waals surface area contributed by atoms with Gasteiger partial charge in [-0.2, -0.15) is 0 Å². The van der Waals surface area contributed by atoms with Crippen molar-refractivity contribution in [1.82, 2.24) is 0 Å². The van der Waals surface area contributed by atoms with Crippen LogP contribution in [0.2, 0.25) is 0 Å². The van der Waals surface area contributed by atoms with Gasteiger partial charge in [-0.15, -0.1) is 0 Å². The molecule has 66 heavy (non-hydrogen) atoms. The van der Waals surface area contributed by atoms with Gasteiger partial charge in [-0.05, 0) is 111 Å². The van der Waals surface area contributed by atoms with Gasteiger partial charge in [-0.25, -0.2) is 0 Å². The average Bonchev–Trinajstić information content (AvgIpc) is 3.27. The lowest BCUT2D eigenvalue weighted by Gasteiger charge is -2.71. The lowest BCUT2D eigenvalue weighted by Crippen LogP contribution is -2.66. The number of rotatable bonds is 9. The third-order valence-electron chi connectivity index (χ3n) is 19.4. The molecule has 18 heteroatoms. The largest absolute Gasteiger partial charge is 0.432 e. The Labute approximate surface area is 387 Å². The van der Waals surface area contributed by atoms with Crippen molar-refractivity contribution in [2.24, 2.45) is 50.2 Å². The molecule has 0 unspecified atom stereocenters. The molecule has 11 N–H and O–H groups in total. The molecule has 3 saturated heterocycles. The molecule has 0 bridgehead atoms. The summed E-state index contributed by atoms with van der Waals surface area (Å²) in [6.07, 6.45) is -14.9. The number of allylic oxidation sites excluding steroid dienone is 2. The molecule has 7 fully saturated rings. The van der Waals surface area contributed by atoms with Crippen LogP contribution < -0.4 is 0 Å². The van der Waals surface area contributed by atoms with E-state index < -0.39 is 128 Å². The standard InChI is InChI=1S/C48H78O18/c1-22-30(52)32(54)35(57)40(62-22)65-38-25(19-49)63-39(37(59)34(38)56)61-20-26-31(53)33(55)36(58)41(64-26)66-42(60)48-16-14-43(2,3)18-24(48)23-8-9-28-44(4)12-11-29(51)45(5,21-50)27(44)10-13-47(28,7)46(23,6)15-17-48/h8,22,24-41,49-59H,9-21H2,1-7H3/t22-,24-,25+,26+,27-,28-,29-,30-,31+,32+,33-,34+,35+,36+,37+,38+,39+,40-,41-,44-,45-,46+,47+,48-/m0/s1. The van der Waals surface area contributed by atoms with E-state index in [1.807, 2.05) is 6.92 Å². The van der Waals surface area contributed by atoms with Crippen molar-refractivity contribution in [1.29, 1.82) is 0 Å². The fraction of sp³-hybridized carbons (Fsp3) is 0.938. The van der Waals surface area contributed by atoms with Crippen LogP contribution in [0.25, 0.3) is 0 Å². The topological polar surface area (TPSA) is 295 Å². The van der Waals surface area contributed by atoms with Gasteiger partial charge >= 0.3 is 5.97 Å². The number of carbonyl (C=O) groups excluding carboxylic acids is 1. The average molecular weight is 943 g/mol. The molecule has 8 rings (SSSR count). The van der Waals surface area contributed by atoms with Crippen molar-refractivity contribution < 1.29 is 89.4 Å². The van der Waals surface area contributed by atoms with E-state index in [9.17, 15) is 61.0 Å². The molecule has 24 atom stereocenters. The summed E-state index contributed by atoms with van der Waals surface area (Å²) in [6, 6.07) is 0. The zero-order chi connectivity index (χ0) is 48.3. The second-order valence-electron chi connectivity index (χ2n) is 23.3. The minimum atomic E-state index is -1.85. The van der Waals surface area contributed by atoms with Crippen LogP contribution in [0, 0.1) is 50.2 Å². The summed E-state index contributed by atoms with van der Waals surface area (Å²) in [7, 11) is 0. The zero-order valence-electron chi connectivity index (χ0n) is 39.5. The Bertz CT molecular complexity index is 1800. The SMILES string of the molecule is C[C@@H]1O[C@@H](O[C@H]2[C@H](O)[C@@H](O)[C@H](OC[C@H]3O[C@@H](OC(=O)[C@]45CCC(C)(C)C[C@H]4C4=CC[C@H]6[C@@]7(C)CC[C@H](O)[C@@](C)(CO)[C@H]7CC[C@@]6(C)[C@]4(C)CC5)[C@H](O)[C@@H](O)[C@@H]3O)O[C@@H]2CO)[C@H](O)[C@H](O)[C@H]1O. The number of aliphatic hydroxyl groups is 11. The highest BCUT2D eigenvalue weighted by molar-refractivity contribution is 5.79. The summed E-state index contributed by atoms with van der Waals surface area (Å²) in [5.41, 5.74) is -0.838. The van der Waals surface area contributed by atoms with Crippen LogP contribution in [0.3, 0.4) is 0 Å². The summed E-state index contributed by atoms with van der Waals surface area (Å²) < 4.78 is 34.7. The molecule has 0 spiro atoms. The first-order valence-electron chi connectivity index (χ1n) is 24.3. The van der Waals surface area contributed by atoms with Gasteiger partial charge < -0.3 is 84.6 Å². The number of carbonyl (C=O) groups is 1. The van der Waals surface area contributed by atoms with E-state index in [1.54, 1.807) is 0 Å². The molecule has 3 aliphatic heterocycles. The molecule has 3 heterocycles. The molecule has 0 aromatic rings. The Balaban J connectivity index is 0.976. The molecule has 8 aliphatic rings. The van der Waals surface area contributed by atoms with Gasteiger partial charge in [-0.1, -0.05) is 53.2 Å². The summed E-state index contributed by atoms with van der Waals surface area (Å²) in [5, 5.41) is 118. The van der Waals surface area contributed by atoms with Crippen LogP contribution in [0.5, 0.6) is 0 Å². The lowest BCUT2D eigenvalue weighted by atomic mass is 9.33. The van der Waals surface area contributed by atoms with Crippen molar-refractivity contribution in [2.75, 3.05) is 19.8 Å². The second kappa shape index (κ2) is 18.0. The van der Waals surface area contributed by atoms with Gasteiger partial charge in [0.15, 0.2) is 12.6 Å². The Morgan fingerprint density at radius 3 is 2.00 bits per heavy atom. The maximum atomic E-state index is 15.0. The third kappa shape index (κ3) is 7.87. The van der Waals surface area contributed by atoms with Crippen LogP contribution >= 0.6 is 0 Å². The van der Waals surface area contributed by atoms with Gasteiger partial charge in [0, 0.05) is 5.41 Å². The fourth-order valence-electron chi connectivity index (χ4n) is 14.8. The Morgan fingerprint density at radius 1 is 0.682 bits per heavy atom. The first kappa shape index (κ1) is 50.9. The first-order chi connectivity index (χ1) is 30.8. The van der Waals surface area contributed by atoms with E-state index in [2.05, 4.69) is 40.7 Å². The minimum Gasteiger partial charge on any atom is -0.432 e. The maximum absolute atomic E-state index is 15.0. The van der Waals surface area contributed by atoms with E-state index in [4.69, 9.17) is 28.4 Å². The first-order valence-corrected chi connectivity index (χ1v) is 24.3. The van der Waals surface area contributed by atoms with E-state index in [1.165, 1.54) is 12.5 Å². The summed E-state index contributed by atoms with van der Waals surface area (Å²) in [4.78, 5) is 15.0. The second-order valence-corrected chi connectivity index (χ2v) is 23.3. The summed E-state index contributed by atoms with van der Waals surface area (Å²) >= 11 is 0. The fourth-order valence-corrected chi connectivity index (χ4v) is 14.8. The molecular weight excluding hydrogens is 865 g/mol. The normalized spacial score (nSPS) is 54.8. The maximum Gasteiger partial charge on any atom is 0.315 e. The van der Waals surface area contributed by atoms with E-state index in [-0.39, 0.29) is 40.1 Å². The number of esters is 1. The monoisotopic (exact) mass is 943 g/mol. The van der Waals surface area contributed by atoms with Crippen molar-refractivity contribution in [3.8, 4) is 0 Å². The molecule has 0 radical (unpaired) electrons. The quantitative estimate of drug-likeness (QED) is 0.108. The Kier molecular flexibility index (Phi) is 13.9. The van der Waals surface area contributed by atoms with Crippen LogP contribution in [0.1, 0.15) is 113 Å². The number of hydrogen-bond acceptors (Lipinski definition) is 18. The highest BCUT2D eigenvalue weighted by Crippen LogP contribution is 2.76. The number of aliphatic hydroxyl groups excluding tert-OH is 11. The van der Waals surface area contributed by atoms with Crippen LogP contribution in [0.15, 0.2) is 11.6 Å². The summed E-state index contributed by atoms with van der Waals surface area (Å²) in [5.74, 6) is -0.273. The van der Waals surface area contributed by atoms with Crippen molar-refractivity contribution >= 4 is 5.97 Å². The molecule has 0 aromatic carbocycles. The van der Waals surface area contributed by atoms with Gasteiger partial charge in [0.25, 0.3) is 0 Å². The molecule has 18 nitrogen and oxygen atoms in total. The third-order valence-corrected chi connectivity index (χ3v) is 19.4. The zero-order valence-corrected chi connectivity index (χ0v) is 39.5. The summed E-state index contributed by atoms with van der Waals surface area (Å²) in [6.45, 7) is 13.7. The predicted octanol–water partition coefficient (Wildman–Crippen LogP) is 0.141. The van der Waals surface area contributed by atoms with E-state index in [0.717, 1.165) is 44.9 Å². The Hall–Kier alpha value is -1.43. The van der Waals surface area contributed by atoms with Gasteiger partial charge in [0.2, 0.25) is 6.29 Å². The van der Waals surface area contributed by atoms with E-state index in [0.29, 0.717) is 25.2 Å². The number of ether oxygens (including phenoxy) is 6. The molecule has 4 saturated carbocycles. The Morgan fingerprint density at radius 2 is 1.32 bits per heavy atom. The van der Waals surface area contributed by atoms with Crippen molar-refractivity contribution in [3.63, 3.8) is 0 Å². The van der Waals surface area contributed by atoms with E-state index >= 15 is 0 Å². The predicted molar refractivity (Wildman–Crippen MR) is 230 cm³/mol. The smallest absolute Gasteiger partial charge is 0.315 e. The number of fused-ring (bicyclic) bond motifs is 7. The molecule has 0 amide bonds. The molecule has 5 aliphatic carbocycles. The minimum absolute atomic E-state index is 0.0599. The van der Waals surface area contributed by atoms with Gasteiger partial charge in [0.05, 0.1) is 37.4 Å². The van der Waals surface area contributed by atoms with Crippen LogP contribution in [-0.2, 0) is 33.2 Å². The van der Waals surface area contributed by atoms with Crippen LogP contribution in [0.4, 0.5) is 0 Å². The van der Waals surface area contributed by atoms with Gasteiger partial charge in [0.1, 0.15) is 67.1 Å². The van der Waals surface area contributed by atoms with Gasteiger partial charge in [-0.3, -0.25) is 4.79 Å². The lowest BCUT2D eigenvalue weighted by molar-refractivity contribution is -0.361. The van der Waals surface area contributed by atoms with Crippen LogP contribution in [-0.4, -0.2) is 180 Å². The highest BCUT2D eigenvalue weighted by atomic mass is 16.8. The van der Waals surface area contributed by atoms with Crippen molar-refractivity contribution in [3.05, 3.63) is 11.6 Å². The molecular formula is C48H78O18. The highest BCUT2D eigenvalue weighted by Gasteiger charge is 2.70.